The predicted molar refractivity (Wildman–Crippen MR) is 89.5 cm³/mol. The first-order valence-corrected chi connectivity index (χ1v) is 10.1. The van der Waals surface area contributed by atoms with Crippen molar-refractivity contribution in [3.8, 4) is 0 Å². The van der Waals surface area contributed by atoms with Gasteiger partial charge in [-0.25, -0.2) is 12.7 Å². The van der Waals surface area contributed by atoms with Gasteiger partial charge in [-0.3, -0.25) is 4.79 Å². The molecule has 0 radical (unpaired) electrons. The molecule has 1 N–H and O–H groups in total. The molecule has 5 nitrogen and oxygen atoms in total. The lowest BCUT2D eigenvalue weighted by Crippen LogP contribution is -2.44. The third-order valence-electron chi connectivity index (χ3n) is 4.94. The lowest BCUT2D eigenvalue weighted by atomic mass is 9.99. The second-order valence-corrected chi connectivity index (χ2v) is 8.73. The van der Waals surface area contributed by atoms with Gasteiger partial charge in [-0.05, 0) is 42.7 Å². The topological polar surface area (TPSA) is 66.5 Å². The first-order valence-electron chi connectivity index (χ1n) is 8.23. The van der Waals surface area contributed by atoms with Gasteiger partial charge in [-0.1, -0.05) is 24.3 Å². The van der Waals surface area contributed by atoms with Gasteiger partial charge < -0.3 is 5.32 Å². The van der Waals surface area contributed by atoms with Crippen LogP contribution in [0.2, 0.25) is 0 Å². The Labute approximate surface area is 138 Å². The van der Waals surface area contributed by atoms with Crippen LogP contribution in [0.5, 0.6) is 0 Å². The minimum atomic E-state index is -3.13. The van der Waals surface area contributed by atoms with Crippen LogP contribution in [0.3, 0.4) is 0 Å². The van der Waals surface area contributed by atoms with Crippen molar-refractivity contribution in [2.24, 2.45) is 11.8 Å². The zero-order valence-corrected chi connectivity index (χ0v) is 14.3. The maximum Gasteiger partial charge on any atom is 0.223 e. The van der Waals surface area contributed by atoms with Crippen LogP contribution < -0.4 is 5.32 Å². The maximum absolute atomic E-state index is 12.4. The van der Waals surface area contributed by atoms with Gasteiger partial charge in [0.2, 0.25) is 15.9 Å². The van der Waals surface area contributed by atoms with Gasteiger partial charge in [0.05, 0.1) is 6.26 Å². The van der Waals surface area contributed by atoms with E-state index < -0.39 is 10.0 Å². The van der Waals surface area contributed by atoms with Crippen LogP contribution in [-0.4, -0.2) is 44.5 Å². The molecule has 1 fully saturated rings. The minimum absolute atomic E-state index is 0.0157. The molecule has 1 aromatic carbocycles. The molecule has 1 saturated heterocycles. The Morgan fingerprint density at radius 3 is 2.52 bits per heavy atom. The number of hydrogen-bond donors (Lipinski definition) is 1. The Kier molecular flexibility index (Phi) is 4.73. The molecular formula is C17H24N2O3S. The molecule has 1 aliphatic carbocycles. The first-order chi connectivity index (χ1) is 10.9. The highest BCUT2D eigenvalue weighted by atomic mass is 32.2. The molecule has 3 rings (SSSR count). The van der Waals surface area contributed by atoms with E-state index in [1.807, 2.05) is 12.1 Å². The van der Waals surface area contributed by atoms with Crippen LogP contribution in [0, 0.1) is 11.8 Å². The fraction of sp³-hybridized carbons (Fsp3) is 0.588. The molecule has 2 aliphatic rings. The van der Waals surface area contributed by atoms with Crippen LogP contribution in [0.1, 0.15) is 24.0 Å². The maximum atomic E-state index is 12.4. The fourth-order valence-electron chi connectivity index (χ4n) is 3.63. The average Bonchev–Trinajstić information content (AvgIpc) is 2.96. The zero-order chi connectivity index (χ0) is 16.4. The molecule has 6 heteroatoms. The highest BCUT2D eigenvalue weighted by molar-refractivity contribution is 7.88. The van der Waals surface area contributed by atoms with Gasteiger partial charge in [0.25, 0.3) is 0 Å². The van der Waals surface area contributed by atoms with Crippen molar-refractivity contribution in [2.75, 3.05) is 25.9 Å². The van der Waals surface area contributed by atoms with Gasteiger partial charge in [-0.15, -0.1) is 0 Å². The van der Waals surface area contributed by atoms with E-state index in [0.717, 1.165) is 25.7 Å². The Balaban J connectivity index is 1.50. The first kappa shape index (κ1) is 16.5. The monoisotopic (exact) mass is 336 g/mol. The quantitative estimate of drug-likeness (QED) is 0.898. The van der Waals surface area contributed by atoms with Crippen molar-refractivity contribution in [2.45, 2.75) is 25.7 Å². The van der Waals surface area contributed by atoms with Gasteiger partial charge in [0.1, 0.15) is 0 Å². The van der Waals surface area contributed by atoms with Crippen LogP contribution in [0.4, 0.5) is 0 Å². The third kappa shape index (κ3) is 3.93. The molecule has 0 spiro atoms. The molecule has 1 amide bonds. The van der Waals surface area contributed by atoms with E-state index in [-0.39, 0.29) is 17.7 Å². The zero-order valence-electron chi connectivity index (χ0n) is 13.5. The Hall–Kier alpha value is -1.40. The number of amides is 1. The van der Waals surface area contributed by atoms with Crippen molar-refractivity contribution in [1.82, 2.24) is 9.62 Å². The summed E-state index contributed by atoms with van der Waals surface area (Å²) in [5, 5.41) is 3.04. The van der Waals surface area contributed by atoms with Crippen molar-refractivity contribution >= 4 is 15.9 Å². The Bertz CT molecular complexity index is 662. The van der Waals surface area contributed by atoms with E-state index >= 15 is 0 Å². The predicted octanol–water partition coefficient (Wildman–Crippen LogP) is 1.19. The van der Waals surface area contributed by atoms with Crippen LogP contribution >= 0.6 is 0 Å². The molecule has 23 heavy (non-hydrogen) atoms. The smallest absolute Gasteiger partial charge is 0.223 e. The van der Waals surface area contributed by atoms with E-state index in [1.165, 1.54) is 21.7 Å². The van der Waals surface area contributed by atoms with Crippen molar-refractivity contribution in [3.63, 3.8) is 0 Å². The minimum Gasteiger partial charge on any atom is -0.356 e. The Morgan fingerprint density at radius 1 is 1.26 bits per heavy atom. The second-order valence-electron chi connectivity index (χ2n) is 6.75. The lowest BCUT2D eigenvalue weighted by molar-refractivity contribution is -0.124. The largest absolute Gasteiger partial charge is 0.356 e. The summed E-state index contributed by atoms with van der Waals surface area (Å²) in [5.41, 5.74) is 2.54. The number of carbonyl (C=O) groups excluding carboxylic acids is 1. The summed E-state index contributed by atoms with van der Waals surface area (Å²) in [6.07, 6.45) is 4.70. The molecule has 0 aromatic heterocycles. The standard InChI is InChI=1S/C17H24N2O3S/c1-23(21,22)19-8-4-5-13(12-19)11-18-17(20)16-9-14-6-2-3-7-15(14)10-16/h2-3,6-7,13,16H,4-5,8-12H2,1H3,(H,18,20)/t13-/m0/s1. The number of piperidine rings is 1. The molecule has 0 unspecified atom stereocenters. The number of carbonyl (C=O) groups is 1. The Morgan fingerprint density at radius 2 is 1.91 bits per heavy atom. The summed E-state index contributed by atoms with van der Waals surface area (Å²) in [5.74, 6) is 0.325. The van der Waals surface area contributed by atoms with Crippen molar-refractivity contribution in [1.29, 1.82) is 0 Å². The summed E-state index contributed by atoms with van der Waals surface area (Å²) in [4.78, 5) is 12.4. The highest BCUT2D eigenvalue weighted by Crippen LogP contribution is 2.26. The van der Waals surface area contributed by atoms with Gasteiger partial charge >= 0.3 is 0 Å². The number of benzene rings is 1. The molecular weight excluding hydrogens is 312 g/mol. The van der Waals surface area contributed by atoms with Crippen molar-refractivity contribution < 1.29 is 13.2 Å². The summed E-state index contributed by atoms with van der Waals surface area (Å²) in [6, 6.07) is 8.21. The van der Waals surface area contributed by atoms with Crippen LogP contribution in [-0.2, 0) is 27.7 Å². The number of rotatable bonds is 4. The van der Waals surface area contributed by atoms with Crippen LogP contribution in [0.15, 0.2) is 24.3 Å². The summed E-state index contributed by atoms with van der Waals surface area (Å²) in [6.45, 7) is 1.68. The summed E-state index contributed by atoms with van der Waals surface area (Å²) < 4.78 is 24.8. The molecule has 1 aliphatic heterocycles. The molecule has 0 bridgehead atoms. The third-order valence-corrected chi connectivity index (χ3v) is 6.21. The number of nitrogens with one attached hydrogen (secondary N) is 1. The highest BCUT2D eigenvalue weighted by Gasteiger charge is 2.29. The van der Waals surface area contributed by atoms with E-state index in [1.54, 1.807) is 0 Å². The van der Waals surface area contributed by atoms with Crippen molar-refractivity contribution in [3.05, 3.63) is 35.4 Å². The van der Waals surface area contributed by atoms with Gasteiger partial charge in [-0.2, -0.15) is 0 Å². The fourth-order valence-corrected chi connectivity index (χ4v) is 4.57. The van der Waals surface area contributed by atoms with E-state index in [2.05, 4.69) is 17.4 Å². The molecule has 0 saturated carbocycles. The molecule has 1 aromatic rings. The number of sulfonamides is 1. The second kappa shape index (κ2) is 6.61. The average molecular weight is 336 g/mol. The normalized spacial score (nSPS) is 22.7. The SMILES string of the molecule is CS(=O)(=O)N1CCC[C@@H](CNC(=O)C2Cc3ccccc3C2)C1. The van der Waals surface area contributed by atoms with E-state index in [4.69, 9.17) is 0 Å². The number of hydrogen-bond acceptors (Lipinski definition) is 3. The van der Waals surface area contributed by atoms with E-state index in [9.17, 15) is 13.2 Å². The van der Waals surface area contributed by atoms with Gasteiger partial charge in [0.15, 0.2) is 0 Å². The molecule has 1 heterocycles. The summed E-state index contributed by atoms with van der Waals surface area (Å²) >= 11 is 0. The van der Waals surface area contributed by atoms with E-state index in [0.29, 0.717) is 19.6 Å². The molecule has 1 atom stereocenters. The van der Waals surface area contributed by atoms with Crippen LogP contribution in [0.25, 0.3) is 0 Å². The number of nitrogens with zero attached hydrogens (tertiary/aromatic N) is 1. The summed E-state index contributed by atoms with van der Waals surface area (Å²) in [7, 11) is -3.13. The van der Waals surface area contributed by atoms with Gasteiger partial charge in [0, 0.05) is 25.6 Å². The molecule has 126 valence electrons. The lowest BCUT2D eigenvalue weighted by Gasteiger charge is -2.31. The number of fused-ring (bicyclic) bond motifs is 1.